The van der Waals surface area contributed by atoms with Crippen molar-refractivity contribution in [2.24, 2.45) is 4.99 Å². The van der Waals surface area contributed by atoms with Gasteiger partial charge in [0, 0.05) is 5.70 Å². The summed E-state index contributed by atoms with van der Waals surface area (Å²) in [5, 5.41) is 2.98. The van der Waals surface area contributed by atoms with Gasteiger partial charge in [-0.15, -0.1) is 0 Å². The topological polar surface area (TPSA) is 24.4 Å². The van der Waals surface area contributed by atoms with E-state index in [-0.39, 0.29) is 0 Å². The first-order valence-corrected chi connectivity index (χ1v) is 7.99. The van der Waals surface area contributed by atoms with E-state index in [1.807, 2.05) is 19.1 Å². The largest absolute Gasteiger partial charge is 0.416 e. The maximum Gasteiger partial charge on any atom is 0.416 e. The number of aryl methyl sites for hydroxylation is 2. The lowest BCUT2D eigenvalue weighted by molar-refractivity contribution is -0.137. The van der Waals surface area contributed by atoms with Crippen LogP contribution in [0, 0.1) is 6.92 Å². The van der Waals surface area contributed by atoms with E-state index in [1.54, 1.807) is 13.0 Å². The van der Waals surface area contributed by atoms with E-state index in [0.29, 0.717) is 17.1 Å². The fourth-order valence-corrected chi connectivity index (χ4v) is 2.38. The number of nitrogens with one attached hydrogen (secondary N) is 1. The lowest BCUT2D eigenvalue weighted by atomic mass is 10.1. The van der Waals surface area contributed by atoms with Crippen LogP contribution in [-0.4, -0.2) is 5.84 Å². The molecule has 25 heavy (non-hydrogen) atoms. The van der Waals surface area contributed by atoms with Crippen molar-refractivity contribution >= 4 is 17.2 Å². The van der Waals surface area contributed by atoms with Gasteiger partial charge in [0.25, 0.3) is 0 Å². The molecule has 0 amide bonds. The van der Waals surface area contributed by atoms with Gasteiger partial charge >= 0.3 is 6.18 Å². The van der Waals surface area contributed by atoms with E-state index in [1.165, 1.54) is 11.6 Å². The van der Waals surface area contributed by atoms with Crippen molar-refractivity contribution in [2.75, 3.05) is 0 Å². The molecule has 0 aliphatic rings. The van der Waals surface area contributed by atoms with Gasteiger partial charge in [0.15, 0.2) is 0 Å². The number of aliphatic imine (C=N–C) groups is 1. The molecule has 5 heteroatoms. The van der Waals surface area contributed by atoms with Gasteiger partial charge in [-0.3, -0.25) is 0 Å². The Morgan fingerprint density at radius 3 is 2.52 bits per heavy atom. The van der Waals surface area contributed by atoms with E-state index in [9.17, 15) is 13.2 Å². The molecule has 2 nitrogen and oxygen atoms in total. The molecule has 0 spiro atoms. The van der Waals surface area contributed by atoms with Gasteiger partial charge in [-0.25, -0.2) is 4.99 Å². The zero-order chi connectivity index (χ0) is 18.6. The quantitative estimate of drug-likeness (QED) is 0.542. The Bertz CT molecular complexity index is 805. The lowest BCUT2D eigenvalue weighted by Crippen LogP contribution is -2.18. The van der Waals surface area contributed by atoms with Crippen LogP contribution in [0.2, 0.25) is 0 Å². The second-order valence-electron chi connectivity index (χ2n) is 5.85. The van der Waals surface area contributed by atoms with Gasteiger partial charge in [0.05, 0.1) is 11.3 Å². The zero-order valence-corrected chi connectivity index (χ0v) is 14.5. The van der Waals surface area contributed by atoms with Crippen LogP contribution in [0.15, 0.2) is 54.0 Å². The molecule has 2 rings (SSSR count). The van der Waals surface area contributed by atoms with Gasteiger partial charge in [0.2, 0.25) is 0 Å². The van der Waals surface area contributed by atoms with Gasteiger partial charge < -0.3 is 5.32 Å². The van der Waals surface area contributed by atoms with Crippen LogP contribution < -0.4 is 5.32 Å². The highest BCUT2D eigenvalue weighted by atomic mass is 19.4. The van der Waals surface area contributed by atoms with E-state index in [2.05, 4.69) is 29.9 Å². The Morgan fingerprint density at radius 1 is 1.16 bits per heavy atom. The molecule has 0 aliphatic heterocycles. The van der Waals surface area contributed by atoms with Crippen molar-refractivity contribution in [3.63, 3.8) is 0 Å². The van der Waals surface area contributed by atoms with Crippen molar-refractivity contribution in [3.8, 4) is 0 Å². The van der Waals surface area contributed by atoms with Crippen molar-refractivity contribution in [2.45, 2.75) is 33.4 Å². The van der Waals surface area contributed by atoms with E-state index < -0.39 is 11.7 Å². The van der Waals surface area contributed by atoms with Gasteiger partial charge in [-0.2, -0.15) is 13.2 Å². The van der Waals surface area contributed by atoms with Crippen molar-refractivity contribution in [1.82, 2.24) is 5.32 Å². The Labute approximate surface area is 146 Å². The van der Waals surface area contributed by atoms with Crippen molar-refractivity contribution < 1.29 is 13.2 Å². The summed E-state index contributed by atoms with van der Waals surface area (Å²) in [6.07, 6.45) is -3.47. The molecular formula is C20H21F3N2. The number of amidine groups is 1. The third-order valence-corrected chi connectivity index (χ3v) is 3.84. The third-order valence-electron chi connectivity index (χ3n) is 3.84. The number of hydrogen-bond acceptors (Lipinski definition) is 1. The molecule has 1 N–H and O–H groups in total. The first-order valence-electron chi connectivity index (χ1n) is 7.99. The maximum atomic E-state index is 12.8. The third kappa shape index (κ3) is 4.95. The molecule has 0 heterocycles. The van der Waals surface area contributed by atoms with E-state index in [4.69, 9.17) is 0 Å². The molecule has 0 aliphatic carbocycles. The predicted octanol–water partition coefficient (Wildman–Crippen LogP) is 5.89. The average molecular weight is 346 g/mol. The summed E-state index contributed by atoms with van der Waals surface area (Å²) >= 11 is 0. The summed E-state index contributed by atoms with van der Waals surface area (Å²) in [7, 11) is 0. The SMILES string of the molecule is C=C(N/C(C)=N/c1cc(CC)ccc1C)c1cccc(C(F)(F)F)c1. The van der Waals surface area contributed by atoms with Crippen LogP contribution in [-0.2, 0) is 12.6 Å². The molecule has 0 bridgehead atoms. The number of halogens is 3. The molecule has 0 fully saturated rings. The second-order valence-corrected chi connectivity index (χ2v) is 5.85. The Balaban J connectivity index is 2.20. The summed E-state index contributed by atoms with van der Waals surface area (Å²) < 4.78 is 38.5. The standard InChI is InChI=1S/C20H21F3N2/c1-5-16-10-9-13(2)19(11-16)25-15(4)24-14(3)17-7-6-8-18(12-17)20(21,22)23/h6-12H,3,5H2,1-2,4H3,(H,24,25). The minimum absolute atomic E-state index is 0.372. The Kier molecular flexibility index (Phi) is 5.67. The van der Waals surface area contributed by atoms with Crippen LogP contribution in [0.3, 0.4) is 0 Å². The van der Waals surface area contributed by atoms with Crippen LogP contribution in [0.1, 0.15) is 36.1 Å². The molecule has 0 aromatic heterocycles. The molecule has 2 aromatic rings. The monoisotopic (exact) mass is 346 g/mol. The van der Waals surface area contributed by atoms with Gasteiger partial charge in [-0.1, -0.05) is 37.8 Å². The van der Waals surface area contributed by atoms with Gasteiger partial charge in [-0.05, 0) is 55.2 Å². The van der Waals surface area contributed by atoms with Gasteiger partial charge in [0.1, 0.15) is 5.84 Å². The summed E-state index contributed by atoms with van der Waals surface area (Å²) in [6.45, 7) is 9.62. The molecule has 0 radical (unpaired) electrons. The highest BCUT2D eigenvalue weighted by Crippen LogP contribution is 2.30. The number of alkyl halides is 3. The molecular weight excluding hydrogens is 325 g/mol. The number of nitrogens with zero attached hydrogens (tertiary/aromatic N) is 1. The van der Waals surface area contributed by atoms with E-state index in [0.717, 1.165) is 29.8 Å². The molecule has 0 saturated carbocycles. The number of hydrogen-bond donors (Lipinski definition) is 1. The summed E-state index contributed by atoms with van der Waals surface area (Å²) in [5.74, 6) is 0.568. The number of benzene rings is 2. The minimum Gasteiger partial charge on any atom is -0.344 e. The van der Waals surface area contributed by atoms with Crippen molar-refractivity contribution in [1.29, 1.82) is 0 Å². The van der Waals surface area contributed by atoms with E-state index >= 15 is 0 Å². The predicted molar refractivity (Wildman–Crippen MR) is 96.9 cm³/mol. The fourth-order valence-electron chi connectivity index (χ4n) is 2.38. The Morgan fingerprint density at radius 2 is 1.88 bits per heavy atom. The summed E-state index contributed by atoms with van der Waals surface area (Å²) in [4.78, 5) is 4.53. The summed E-state index contributed by atoms with van der Waals surface area (Å²) in [5.41, 5.74) is 3.09. The van der Waals surface area contributed by atoms with Crippen LogP contribution in [0.5, 0.6) is 0 Å². The number of rotatable bonds is 4. The highest BCUT2D eigenvalue weighted by molar-refractivity contribution is 5.90. The van der Waals surface area contributed by atoms with Crippen LogP contribution in [0.4, 0.5) is 18.9 Å². The van der Waals surface area contributed by atoms with Crippen molar-refractivity contribution in [3.05, 3.63) is 71.3 Å². The second kappa shape index (κ2) is 7.55. The first-order chi connectivity index (χ1) is 11.7. The maximum absolute atomic E-state index is 12.8. The molecule has 0 atom stereocenters. The molecule has 0 unspecified atom stereocenters. The van der Waals surface area contributed by atoms with Crippen LogP contribution in [0.25, 0.3) is 5.70 Å². The van der Waals surface area contributed by atoms with Crippen LogP contribution >= 0.6 is 0 Å². The lowest BCUT2D eigenvalue weighted by Gasteiger charge is -2.13. The molecule has 0 saturated heterocycles. The fraction of sp³-hybridized carbons (Fsp3) is 0.250. The minimum atomic E-state index is -4.38. The molecule has 132 valence electrons. The Hall–Kier alpha value is -2.56. The smallest absolute Gasteiger partial charge is 0.344 e. The summed E-state index contributed by atoms with van der Waals surface area (Å²) in [6, 6.07) is 11.1. The normalized spacial score (nSPS) is 12.2. The highest BCUT2D eigenvalue weighted by Gasteiger charge is 2.30. The average Bonchev–Trinajstić information content (AvgIpc) is 2.56. The zero-order valence-electron chi connectivity index (χ0n) is 14.5. The first kappa shape index (κ1) is 18.8. The molecule has 2 aromatic carbocycles.